The molecule has 4 nitrogen and oxygen atoms in total. The minimum absolute atomic E-state index is 0.0683. The summed E-state index contributed by atoms with van der Waals surface area (Å²) in [4.78, 5) is 0. The van der Waals surface area contributed by atoms with E-state index >= 15 is 0 Å². The van der Waals surface area contributed by atoms with Crippen molar-refractivity contribution >= 4 is 5.69 Å². The number of anilines is 1. The number of hydrogen-bond donors (Lipinski definition) is 2. The van der Waals surface area contributed by atoms with Gasteiger partial charge in [-0.2, -0.15) is 0 Å². The van der Waals surface area contributed by atoms with Gasteiger partial charge in [-0.05, 0) is 43.2 Å². The van der Waals surface area contributed by atoms with Crippen LogP contribution in [0.15, 0.2) is 66.2 Å². The van der Waals surface area contributed by atoms with E-state index in [1.165, 1.54) is 0 Å². The molecule has 2 N–H and O–H groups in total. The van der Waals surface area contributed by atoms with Crippen LogP contribution in [0.3, 0.4) is 0 Å². The zero-order valence-corrected chi connectivity index (χ0v) is 14.9. The van der Waals surface area contributed by atoms with Gasteiger partial charge in [-0.25, -0.2) is 0 Å². The van der Waals surface area contributed by atoms with Crippen LogP contribution in [0, 0.1) is 0 Å². The van der Waals surface area contributed by atoms with E-state index in [0.29, 0.717) is 19.6 Å². The lowest BCUT2D eigenvalue weighted by Crippen LogP contribution is -2.22. The number of rotatable bonds is 10. The second kappa shape index (κ2) is 10.5. The monoisotopic (exact) mass is 341 g/mol. The topological polar surface area (TPSA) is 50.7 Å². The Bertz CT molecular complexity index is 638. The van der Waals surface area contributed by atoms with Gasteiger partial charge in [-0.15, -0.1) is 0 Å². The van der Waals surface area contributed by atoms with Crippen molar-refractivity contribution in [2.45, 2.75) is 26.0 Å². The predicted molar refractivity (Wildman–Crippen MR) is 102 cm³/mol. The molecule has 25 heavy (non-hydrogen) atoms. The summed E-state index contributed by atoms with van der Waals surface area (Å²) in [7, 11) is 1.65. The van der Waals surface area contributed by atoms with E-state index in [1.807, 2.05) is 42.5 Å². The molecule has 2 aromatic rings. The Balaban J connectivity index is 1.88. The molecule has 0 amide bonds. The number of nitrogens with one attached hydrogen (secondary N) is 1. The lowest BCUT2D eigenvalue weighted by molar-refractivity contribution is 0.148. The molecular weight excluding hydrogens is 314 g/mol. The highest BCUT2D eigenvalue weighted by Crippen LogP contribution is 2.19. The number of hydrogen-bond acceptors (Lipinski definition) is 4. The average Bonchev–Trinajstić information content (AvgIpc) is 2.66. The van der Waals surface area contributed by atoms with E-state index in [9.17, 15) is 5.11 Å². The predicted octanol–water partition coefficient (Wildman–Crippen LogP) is 4.02. The molecule has 1 unspecified atom stereocenters. The summed E-state index contributed by atoms with van der Waals surface area (Å²) in [6.45, 7) is 3.33. The number of aliphatic hydroxyl groups is 1. The molecule has 4 heteroatoms. The highest BCUT2D eigenvalue weighted by atomic mass is 16.5. The summed E-state index contributed by atoms with van der Waals surface area (Å²) in [6, 6.07) is 18.0. The standard InChI is InChI=1S/C21H27NO3/c1-17(13-15-25-16-18-6-4-3-5-7-18)21(12-14-23)22-19-8-10-20(24-2)11-9-19/h3-11,13,21-23H,12,14-16H2,1-2H3/b17-13+. The van der Waals surface area contributed by atoms with Gasteiger partial charge in [0.05, 0.1) is 20.3 Å². The van der Waals surface area contributed by atoms with Crippen molar-refractivity contribution in [3.63, 3.8) is 0 Å². The van der Waals surface area contributed by atoms with Crippen LogP contribution in [-0.2, 0) is 11.3 Å². The number of methoxy groups -OCH3 is 1. The molecule has 0 aliphatic rings. The van der Waals surface area contributed by atoms with Crippen molar-refractivity contribution in [1.29, 1.82) is 0 Å². The SMILES string of the molecule is COc1ccc(NC(CCO)/C(C)=C/COCc2ccccc2)cc1. The molecule has 0 saturated carbocycles. The maximum Gasteiger partial charge on any atom is 0.119 e. The van der Waals surface area contributed by atoms with E-state index in [1.54, 1.807) is 7.11 Å². The van der Waals surface area contributed by atoms with Crippen LogP contribution in [0.5, 0.6) is 5.75 Å². The third-order valence-electron chi connectivity index (χ3n) is 4.03. The largest absolute Gasteiger partial charge is 0.497 e. The number of aliphatic hydroxyl groups excluding tert-OH is 1. The second-order valence-electron chi connectivity index (χ2n) is 5.89. The zero-order chi connectivity index (χ0) is 17.9. The van der Waals surface area contributed by atoms with Crippen molar-refractivity contribution in [3.8, 4) is 5.75 Å². The average molecular weight is 341 g/mol. The normalized spacial score (nSPS) is 12.7. The van der Waals surface area contributed by atoms with Crippen molar-refractivity contribution in [1.82, 2.24) is 0 Å². The van der Waals surface area contributed by atoms with E-state index < -0.39 is 0 Å². The van der Waals surface area contributed by atoms with Gasteiger partial charge in [0, 0.05) is 18.3 Å². The van der Waals surface area contributed by atoms with Crippen LogP contribution in [0.25, 0.3) is 0 Å². The first-order chi connectivity index (χ1) is 12.2. The maximum atomic E-state index is 9.35. The van der Waals surface area contributed by atoms with Crippen LogP contribution in [0.2, 0.25) is 0 Å². The van der Waals surface area contributed by atoms with E-state index in [0.717, 1.165) is 22.6 Å². The van der Waals surface area contributed by atoms with E-state index in [2.05, 4.69) is 30.4 Å². The first-order valence-corrected chi connectivity index (χ1v) is 8.52. The van der Waals surface area contributed by atoms with Gasteiger partial charge in [0.2, 0.25) is 0 Å². The molecule has 0 bridgehead atoms. The van der Waals surface area contributed by atoms with Gasteiger partial charge in [-0.3, -0.25) is 0 Å². The summed E-state index contributed by atoms with van der Waals surface area (Å²) in [5.74, 6) is 0.825. The van der Waals surface area contributed by atoms with Gasteiger partial charge in [0.25, 0.3) is 0 Å². The number of benzene rings is 2. The minimum Gasteiger partial charge on any atom is -0.497 e. The molecule has 2 aromatic carbocycles. The quantitative estimate of drug-likeness (QED) is 0.506. The smallest absolute Gasteiger partial charge is 0.119 e. The summed E-state index contributed by atoms with van der Waals surface area (Å²) in [6.07, 6.45) is 2.72. The summed E-state index contributed by atoms with van der Waals surface area (Å²) < 4.78 is 10.9. The molecule has 0 aromatic heterocycles. The van der Waals surface area contributed by atoms with Crippen LogP contribution >= 0.6 is 0 Å². The summed E-state index contributed by atoms with van der Waals surface area (Å²) >= 11 is 0. The van der Waals surface area contributed by atoms with Gasteiger partial charge < -0.3 is 19.9 Å². The molecule has 0 aliphatic heterocycles. The lowest BCUT2D eigenvalue weighted by atomic mass is 10.0. The second-order valence-corrected chi connectivity index (χ2v) is 5.89. The molecule has 0 aliphatic carbocycles. The Kier molecular flexibility index (Phi) is 8.02. The van der Waals surface area contributed by atoms with Gasteiger partial charge in [0.15, 0.2) is 0 Å². The molecule has 0 heterocycles. The Morgan fingerprint density at radius 1 is 1.12 bits per heavy atom. The molecule has 0 spiro atoms. The number of ether oxygens (including phenoxy) is 2. The molecular formula is C21H27NO3. The van der Waals surface area contributed by atoms with Crippen molar-refractivity contribution in [3.05, 3.63) is 71.8 Å². The fourth-order valence-corrected chi connectivity index (χ4v) is 2.51. The van der Waals surface area contributed by atoms with Gasteiger partial charge in [0.1, 0.15) is 5.75 Å². The zero-order valence-electron chi connectivity index (χ0n) is 14.9. The van der Waals surface area contributed by atoms with Crippen molar-refractivity contribution in [2.75, 3.05) is 25.6 Å². The third-order valence-corrected chi connectivity index (χ3v) is 4.03. The van der Waals surface area contributed by atoms with Gasteiger partial charge in [-0.1, -0.05) is 42.0 Å². The third kappa shape index (κ3) is 6.61. The Morgan fingerprint density at radius 3 is 2.48 bits per heavy atom. The van der Waals surface area contributed by atoms with Crippen molar-refractivity contribution in [2.24, 2.45) is 0 Å². The van der Waals surface area contributed by atoms with Gasteiger partial charge >= 0.3 is 0 Å². The van der Waals surface area contributed by atoms with Crippen LogP contribution < -0.4 is 10.1 Å². The van der Waals surface area contributed by atoms with Crippen LogP contribution in [0.4, 0.5) is 5.69 Å². The highest BCUT2D eigenvalue weighted by Gasteiger charge is 2.10. The Hall–Kier alpha value is -2.30. The molecule has 0 radical (unpaired) electrons. The van der Waals surface area contributed by atoms with Crippen LogP contribution in [-0.4, -0.2) is 31.5 Å². The Morgan fingerprint density at radius 2 is 1.84 bits per heavy atom. The van der Waals surface area contributed by atoms with Crippen LogP contribution in [0.1, 0.15) is 18.9 Å². The first kappa shape index (κ1) is 19.0. The molecule has 0 fully saturated rings. The minimum atomic E-state index is 0.0683. The van der Waals surface area contributed by atoms with E-state index in [-0.39, 0.29) is 12.6 Å². The molecule has 2 rings (SSSR count). The highest BCUT2D eigenvalue weighted by molar-refractivity contribution is 5.48. The summed E-state index contributed by atoms with van der Waals surface area (Å²) in [5, 5.41) is 12.8. The molecule has 134 valence electrons. The fraction of sp³-hybridized carbons (Fsp3) is 0.333. The lowest BCUT2D eigenvalue weighted by Gasteiger charge is -2.20. The van der Waals surface area contributed by atoms with E-state index in [4.69, 9.17) is 9.47 Å². The van der Waals surface area contributed by atoms with Crippen molar-refractivity contribution < 1.29 is 14.6 Å². The molecule has 1 atom stereocenters. The first-order valence-electron chi connectivity index (χ1n) is 8.52. The fourth-order valence-electron chi connectivity index (χ4n) is 2.51. The molecule has 0 saturated heterocycles. The Labute approximate surface area is 150 Å². The summed E-state index contributed by atoms with van der Waals surface area (Å²) in [5.41, 5.74) is 3.31. The maximum absolute atomic E-state index is 9.35.